The van der Waals surface area contributed by atoms with Crippen LogP contribution in [0.4, 0.5) is 0 Å². The van der Waals surface area contributed by atoms with Crippen molar-refractivity contribution in [2.45, 2.75) is 39.7 Å². The quantitative estimate of drug-likeness (QED) is 0.442. The largest absolute Gasteiger partial charge is 0.381 e. The molecule has 0 aliphatic carbocycles. The zero-order valence-corrected chi connectivity index (χ0v) is 16.2. The van der Waals surface area contributed by atoms with Crippen LogP contribution in [-0.2, 0) is 14.5 Å². The van der Waals surface area contributed by atoms with Gasteiger partial charge in [-0.05, 0) is 29.8 Å². The van der Waals surface area contributed by atoms with Crippen molar-refractivity contribution in [1.82, 2.24) is 0 Å². The molecule has 3 rings (SSSR count). The van der Waals surface area contributed by atoms with Gasteiger partial charge in [0.05, 0.1) is 15.5 Å². The van der Waals surface area contributed by atoms with E-state index in [1.807, 2.05) is 55.8 Å². The topological polar surface area (TPSA) is 60.2 Å². The molecule has 132 valence electrons. The van der Waals surface area contributed by atoms with Gasteiger partial charge in [-0.3, -0.25) is 0 Å². The molecule has 25 heavy (non-hydrogen) atoms. The molecule has 5 nitrogen and oxygen atoms in total. The summed E-state index contributed by atoms with van der Waals surface area (Å²) in [5.41, 5.74) is 0.201. The zero-order valence-electron chi connectivity index (χ0n) is 14.6. The van der Waals surface area contributed by atoms with Crippen molar-refractivity contribution in [2.24, 2.45) is 15.7 Å². The molecule has 0 spiro atoms. The highest BCUT2D eigenvalue weighted by Crippen LogP contribution is 2.33. The first-order chi connectivity index (χ1) is 11.8. The molecule has 0 saturated carbocycles. The molecule has 2 aromatic rings. The number of nitrogens with zero attached hydrogens (tertiary/aromatic N) is 2. The highest BCUT2D eigenvalue weighted by molar-refractivity contribution is 7.15. The van der Waals surface area contributed by atoms with Crippen LogP contribution in [0.2, 0.25) is 0 Å². The van der Waals surface area contributed by atoms with Gasteiger partial charge in [0.2, 0.25) is 5.60 Å². The first-order valence-electron chi connectivity index (χ1n) is 7.92. The minimum Gasteiger partial charge on any atom is -0.377 e. The number of thiophene rings is 2. The van der Waals surface area contributed by atoms with E-state index in [0.717, 1.165) is 15.5 Å². The van der Waals surface area contributed by atoms with Gasteiger partial charge in [-0.2, -0.15) is 0 Å². The van der Waals surface area contributed by atoms with E-state index in [9.17, 15) is 4.79 Å². The Morgan fingerprint density at radius 1 is 1.24 bits per heavy atom. The molecule has 1 atom stereocenters. The average Bonchev–Trinajstić information content (AvgIpc) is 3.28. The fourth-order valence-corrected chi connectivity index (χ4v) is 3.78. The van der Waals surface area contributed by atoms with Crippen LogP contribution >= 0.6 is 22.7 Å². The van der Waals surface area contributed by atoms with Gasteiger partial charge < -0.3 is 9.68 Å². The van der Waals surface area contributed by atoms with Crippen molar-refractivity contribution in [3.05, 3.63) is 44.8 Å². The molecule has 7 heteroatoms. The molecule has 0 saturated heterocycles. The summed E-state index contributed by atoms with van der Waals surface area (Å²) in [6, 6.07) is 7.78. The third kappa shape index (κ3) is 3.82. The Labute approximate surface area is 155 Å². The van der Waals surface area contributed by atoms with Crippen LogP contribution in [0.5, 0.6) is 0 Å². The molecule has 0 radical (unpaired) electrons. The van der Waals surface area contributed by atoms with E-state index in [-0.39, 0.29) is 5.41 Å². The molecule has 0 aromatic carbocycles. The molecule has 3 heterocycles. The summed E-state index contributed by atoms with van der Waals surface area (Å²) in [6.07, 6.45) is 0.401. The van der Waals surface area contributed by atoms with Crippen LogP contribution in [0.25, 0.3) is 0 Å². The highest BCUT2D eigenvalue weighted by Gasteiger charge is 2.46. The van der Waals surface area contributed by atoms with Crippen molar-refractivity contribution in [2.75, 3.05) is 0 Å². The first kappa shape index (κ1) is 17.8. The number of carbonyl (C=O) groups is 1. The van der Waals surface area contributed by atoms with Crippen LogP contribution in [0.1, 0.15) is 43.9 Å². The van der Waals surface area contributed by atoms with E-state index in [1.165, 1.54) is 0 Å². The molecule has 1 unspecified atom stereocenters. The molecule has 2 aromatic heterocycles. The maximum atomic E-state index is 12.6. The summed E-state index contributed by atoms with van der Waals surface area (Å²) in [6.45, 7) is 7.80. The second-order valence-electron chi connectivity index (χ2n) is 7.06. The molecule has 0 fully saturated rings. The predicted molar refractivity (Wildman–Crippen MR) is 101 cm³/mol. The minimum absolute atomic E-state index is 0.152. The third-order valence-electron chi connectivity index (χ3n) is 3.89. The maximum Gasteiger partial charge on any atom is 0.381 e. The zero-order chi connectivity index (χ0) is 18.1. The van der Waals surface area contributed by atoms with Crippen molar-refractivity contribution >= 4 is 40.1 Å². The fourth-order valence-electron chi connectivity index (χ4n) is 2.27. The maximum absolute atomic E-state index is 12.6. The van der Waals surface area contributed by atoms with E-state index in [0.29, 0.717) is 12.1 Å². The Morgan fingerprint density at radius 2 is 1.84 bits per heavy atom. The molecule has 1 aliphatic heterocycles. The summed E-state index contributed by atoms with van der Waals surface area (Å²) >= 11 is 3.09. The Hall–Kier alpha value is -1.99. The van der Waals surface area contributed by atoms with Crippen molar-refractivity contribution in [3.8, 4) is 0 Å². The molecule has 0 bridgehead atoms. The van der Waals surface area contributed by atoms with Gasteiger partial charge in [-0.1, -0.05) is 43.2 Å². The summed E-state index contributed by atoms with van der Waals surface area (Å²) in [5, 5.41) is 12.1. The second-order valence-corrected chi connectivity index (χ2v) is 8.96. The molecular formula is C18H20N2O3S2. The van der Waals surface area contributed by atoms with Crippen LogP contribution < -0.4 is 0 Å². The predicted octanol–water partition coefficient (Wildman–Crippen LogP) is 4.69. The Kier molecular flexibility index (Phi) is 4.79. The SMILES string of the molecule is CC(C)(C)C1=NOC(C)(C(=O)ON=C(c2cccs2)c2cccs2)C1. The van der Waals surface area contributed by atoms with Crippen LogP contribution in [0, 0.1) is 5.41 Å². The Morgan fingerprint density at radius 3 is 2.28 bits per heavy atom. The van der Waals surface area contributed by atoms with Gasteiger partial charge >= 0.3 is 5.97 Å². The van der Waals surface area contributed by atoms with Crippen molar-refractivity contribution in [3.63, 3.8) is 0 Å². The van der Waals surface area contributed by atoms with Crippen LogP contribution in [0.15, 0.2) is 45.3 Å². The van der Waals surface area contributed by atoms with Gasteiger partial charge in [0, 0.05) is 11.8 Å². The normalized spacial score (nSPS) is 19.9. The summed E-state index contributed by atoms with van der Waals surface area (Å²) < 4.78 is 0. The van der Waals surface area contributed by atoms with E-state index >= 15 is 0 Å². The van der Waals surface area contributed by atoms with E-state index in [2.05, 4.69) is 10.3 Å². The summed E-state index contributed by atoms with van der Waals surface area (Å²) in [5.74, 6) is -0.541. The van der Waals surface area contributed by atoms with Crippen LogP contribution in [0.3, 0.4) is 0 Å². The lowest BCUT2D eigenvalue weighted by atomic mass is 9.84. The number of hydrogen-bond donors (Lipinski definition) is 0. The lowest BCUT2D eigenvalue weighted by molar-refractivity contribution is -0.167. The molecule has 1 aliphatic rings. The second kappa shape index (κ2) is 6.72. The monoisotopic (exact) mass is 376 g/mol. The van der Waals surface area contributed by atoms with Crippen molar-refractivity contribution in [1.29, 1.82) is 0 Å². The smallest absolute Gasteiger partial charge is 0.377 e. The van der Waals surface area contributed by atoms with Gasteiger partial charge in [0.25, 0.3) is 0 Å². The lowest BCUT2D eigenvalue weighted by Gasteiger charge is -2.20. The number of oxime groups is 2. The molecule has 0 N–H and O–H groups in total. The Balaban J connectivity index is 1.77. The number of rotatable bonds is 4. The molecular weight excluding hydrogens is 356 g/mol. The van der Waals surface area contributed by atoms with E-state index < -0.39 is 11.6 Å². The van der Waals surface area contributed by atoms with E-state index in [1.54, 1.807) is 29.6 Å². The fraction of sp³-hybridized carbons (Fsp3) is 0.389. The highest BCUT2D eigenvalue weighted by atomic mass is 32.1. The van der Waals surface area contributed by atoms with E-state index in [4.69, 9.17) is 9.68 Å². The average molecular weight is 377 g/mol. The summed E-state index contributed by atoms with van der Waals surface area (Å²) in [4.78, 5) is 25.1. The third-order valence-corrected chi connectivity index (χ3v) is 5.64. The number of hydrogen-bond acceptors (Lipinski definition) is 7. The van der Waals surface area contributed by atoms with Gasteiger partial charge in [0.1, 0.15) is 5.71 Å². The van der Waals surface area contributed by atoms with Crippen LogP contribution in [-0.4, -0.2) is 23.0 Å². The first-order valence-corrected chi connectivity index (χ1v) is 9.68. The van der Waals surface area contributed by atoms with Gasteiger partial charge in [-0.15, -0.1) is 22.7 Å². The lowest BCUT2D eigenvalue weighted by Crippen LogP contribution is -2.37. The van der Waals surface area contributed by atoms with Gasteiger partial charge in [0.15, 0.2) is 0 Å². The Bertz CT molecular complexity index is 766. The molecule has 0 amide bonds. The van der Waals surface area contributed by atoms with Gasteiger partial charge in [-0.25, -0.2) is 4.79 Å². The van der Waals surface area contributed by atoms with Crippen molar-refractivity contribution < 1.29 is 14.5 Å². The minimum atomic E-state index is -1.14. The summed E-state index contributed by atoms with van der Waals surface area (Å²) in [7, 11) is 0. The standard InChI is InChI=1S/C18H20N2O3S2/c1-17(2,3)14-11-18(4,23-19-14)16(21)22-20-15(12-7-5-9-24-12)13-8-6-10-25-13/h5-10H,11H2,1-4H3. The number of carbonyl (C=O) groups excluding carboxylic acids is 1.